The first kappa shape index (κ1) is 8.99. The van der Waals surface area contributed by atoms with Gasteiger partial charge in [-0.3, -0.25) is 4.98 Å². The van der Waals surface area contributed by atoms with Crippen LogP contribution in [-0.2, 0) is 0 Å². The van der Waals surface area contributed by atoms with Crippen LogP contribution in [0.5, 0.6) is 0 Å². The van der Waals surface area contributed by atoms with Crippen LogP contribution in [0.25, 0.3) is 0 Å². The third-order valence-corrected chi connectivity index (χ3v) is 1.75. The number of nitrogens with one attached hydrogen (secondary N) is 2. The van der Waals surface area contributed by atoms with Crippen molar-refractivity contribution in [3.63, 3.8) is 0 Å². The molecule has 0 amide bonds. The first-order chi connectivity index (χ1) is 5.41. The predicted molar refractivity (Wildman–Crippen MR) is 45.6 cm³/mol. The van der Waals surface area contributed by atoms with E-state index in [2.05, 4.69) is 15.2 Å². The quantitative estimate of drug-likeness (QED) is 0.560. The summed E-state index contributed by atoms with van der Waals surface area (Å²) in [6, 6.07) is -0.253. The van der Waals surface area contributed by atoms with Crippen LogP contribution >= 0.6 is 0 Å². The van der Waals surface area contributed by atoms with Crippen LogP contribution in [0.3, 0.4) is 0 Å². The smallest absolute Gasteiger partial charge is 0.321 e. The third kappa shape index (κ3) is 1.73. The largest absolute Gasteiger partial charge is 0.340 e. The maximum absolute atomic E-state index is 10.7. The molecule has 0 saturated carbocycles. The number of hydrogen-bond acceptors (Lipinski definition) is 3. The molecule has 5 heteroatoms. The van der Waals surface area contributed by atoms with Crippen molar-refractivity contribution in [1.29, 1.82) is 0 Å². The topological polar surface area (TPSA) is 87.6 Å². The van der Waals surface area contributed by atoms with Gasteiger partial charge in [0.05, 0.1) is 6.04 Å². The molecule has 0 fully saturated rings. The van der Waals surface area contributed by atoms with Crippen molar-refractivity contribution in [3.8, 4) is 0 Å². The molecule has 0 aliphatic carbocycles. The molecule has 0 saturated heterocycles. The van der Waals surface area contributed by atoms with Gasteiger partial charge >= 0.3 is 5.69 Å². The highest BCUT2D eigenvalue weighted by molar-refractivity contribution is 4.95. The van der Waals surface area contributed by atoms with E-state index < -0.39 is 0 Å². The van der Waals surface area contributed by atoms with E-state index in [9.17, 15) is 4.79 Å². The first-order valence-electron chi connectivity index (χ1n) is 3.81. The zero-order valence-corrected chi connectivity index (χ0v) is 7.51. The molecule has 0 spiro atoms. The van der Waals surface area contributed by atoms with Gasteiger partial charge in [-0.05, 0) is 5.41 Å². The molecule has 68 valence electrons. The van der Waals surface area contributed by atoms with E-state index in [1.54, 1.807) is 0 Å². The standard InChI is InChI=1S/C7H14N4O/c1-7(2,3)4(8)5-9-6(12)11-10-5/h4H,8H2,1-3H3,(H2,9,10,11,12)/t4-/m1/s1. The zero-order chi connectivity index (χ0) is 9.35. The van der Waals surface area contributed by atoms with Gasteiger partial charge in [0, 0.05) is 0 Å². The van der Waals surface area contributed by atoms with Crippen molar-refractivity contribution in [2.45, 2.75) is 26.8 Å². The molecular weight excluding hydrogens is 156 g/mol. The molecule has 1 rings (SSSR count). The number of rotatable bonds is 1. The second-order valence-electron chi connectivity index (χ2n) is 3.91. The lowest BCUT2D eigenvalue weighted by Gasteiger charge is -2.24. The molecule has 5 nitrogen and oxygen atoms in total. The Morgan fingerprint density at radius 2 is 2.08 bits per heavy atom. The normalized spacial score (nSPS) is 14.7. The molecule has 0 aromatic carbocycles. The third-order valence-electron chi connectivity index (χ3n) is 1.75. The van der Waals surface area contributed by atoms with E-state index in [0.29, 0.717) is 5.82 Å². The van der Waals surface area contributed by atoms with Crippen LogP contribution in [0, 0.1) is 5.41 Å². The first-order valence-corrected chi connectivity index (χ1v) is 3.81. The van der Waals surface area contributed by atoms with E-state index in [-0.39, 0.29) is 17.1 Å². The van der Waals surface area contributed by atoms with Gasteiger partial charge in [-0.15, -0.1) is 0 Å². The maximum atomic E-state index is 10.7. The summed E-state index contributed by atoms with van der Waals surface area (Å²) in [6.45, 7) is 5.97. The molecule has 1 atom stereocenters. The van der Waals surface area contributed by atoms with Gasteiger partial charge in [0.15, 0.2) is 0 Å². The van der Waals surface area contributed by atoms with Gasteiger partial charge in [0.25, 0.3) is 0 Å². The fourth-order valence-electron chi connectivity index (χ4n) is 0.841. The molecule has 4 N–H and O–H groups in total. The Labute approximate surface area is 70.4 Å². The summed E-state index contributed by atoms with van der Waals surface area (Å²) in [4.78, 5) is 13.2. The molecule has 1 aromatic rings. The van der Waals surface area contributed by atoms with Gasteiger partial charge in [0.1, 0.15) is 5.82 Å². The molecule has 1 aromatic heterocycles. The highest BCUT2D eigenvalue weighted by atomic mass is 16.1. The summed E-state index contributed by atoms with van der Waals surface area (Å²) in [5, 5.41) is 6.04. The lowest BCUT2D eigenvalue weighted by Crippen LogP contribution is -2.27. The zero-order valence-electron chi connectivity index (χ0n) is 7.51. The van der Waals surface area contributed by atoms with Crippen molar-refractivity contribution in [3.05, 3.63) is 16.3 Å². The molecule has 1 heterocycles. The lowest BCUT2D eigenvalue weighted by atomic mass is 9.87. The average molecular weight is 170 g/mol. The number of nitrogens with two attached hydrogens (primary N) is 1. The maximum Gasteiger partial charge on any atom is 0.340 e. The molecule has 0 aliphatic rings. The fourth-order valence-corrected chi connectivity index (χ4v) is 0.841. The van der Waals surface area contributed by atoms with Crippen molar-refractivity contribution < 1.29 is 0 Å². The van der Waals surface area contributed by atoms with E-state index in [1.165, 1.54) is 0 Å². The van der Waals surface area contributed by atoms with Crippen LogP contribution in [0.2, 0.25) is 0 Å². The summed E-state index contributed by atoms with van der Waals surface area (Å²) in [7, 11) is 0. The summed E-state index contributed by atoms with van der Waals surface area (Å²) >= 11 is 0. The lowest BCUT2D eigenvalue weighted by molar-refractivity contribution is 0.316. The van der Waals surface area contributed by atoms with Gasteiger partial charge in [-0.1, -0.05) is 20.8 Å². The Hall–Kier alpha value is -1.10. The van der Waals surface area contributed by atoms with Gasteiger partial charge in [-0.25, -0.2) is 9.89 Å². The molecular formula is C7H14N4O. The Kier molecular flexibility index (Phi) is 2.06. The minimum Gasteiger partial charge on any atom is -0.321 e. The van der Waals surface area contributed by atoms with E-state index in [4.69, 9.17) is 5.73 Å². The van der Waals surface area contributed by atoms with E-state index in [1.807, 2.05) is 20.8 Å². The molecule has 0 aliphatic heterocycles. The second kappa shape index (κ2) is 2.75. The fraction of sp³-hybridized carbons (Fsp3) is 0.714. The van der Waals surface area contributed by atoms with Crippen LogP contribution in [0.1, 0.15) is 32.6 Å². The average Bonchev–Trinajstić information content (AvgIpc) is 2.32. The van der Waals surface area contributed by atoms with E-state index >= 15 is 0 Å². The Morgan fingerprint density at radius 1 is 1.50 bits per heavy atom. The summed E-state index contributed by atoms with van der Waals surface area (Å²) in [5.41, 5.74) is 5.42. The van der Waals surface area contributed by atoms with Gasteiger partial charge < -0.3 is 5.73 Å². The summed E-state index contributed by atoms with van der Waals surface area (Å²) < 4.78 is 0. The Balaban J connectivity index is 2.92. The number of aromatic nitrogens is 3. The number of nitrogens with zero attached hydrogens (tertiary/aromatic N) is 1. The van der Waals surface area contributed by atoms with Crippen LogP contribution in [-0.4, -0.2) is 15.2 Å². The Morgan fingerprint density at radius 3 is 2.42 bits per heavy atom. The van der Waals surface area contributed by atoms with Crippen molar-refractivity contribution in [1.82, 2.24) is 15.2 Å². The molecule has 12 heavy (non-hydrogen) atoms. The minimum absolute atomic E-state index is 0.0991. The SMILES string of the molecule is CC(C)(C)[C@H](N)c1n[nH]c(=O)[nH]1. The Bertz CT molecular complexity index is 306. The minimum atomic E-state index is -0.315. The highest BCUT2D eigenvalue weighted by Crippen LogP contribution is 2.27. The van der Waals surface area contributed by atoms with Crippen molar-refractivity contribution >= 4 is 0 Å². The molecule has 0 radical (unpaired) electrons. The van der Waals surface area contributed by atoms with Crippen LogP contribution < -0.4 is 11.4 Å². The van der Waals surface area contributed by atoms with Crippen molar-refractivity contribution in [2.75, 3.05) is 0 Å². The summed E-state index contributed by atoms with van der Waals surface area (Å²) in [6.07, 6.45) is 0. The van der Waals surface area contributed by atoms with Crippen LogP contribution in [0.4, 0.5) is 0 Å². The number of aromatic amines is 2. The predicted octanol–water partition coefficient (Wildman–Crippen LogP) is 0.144. The second-order valence-corrected chi connectivity index (χ2v) is 3.91. The van der Waals surface area contributed by atoms with Crippen molar-refractivity contribution in [2.24, 2.45) is 11.1 Å². The molecule has 0 bridgehead atoms. The molecule has 0 unspecified atom stereocenters. The highest BCUT2D eigenvalue weighted by Gasteiger charge is 2.24. The van der Waals surface area contributed by atoms with Gasteiger partial charge in [-0.2, -0.15) is 5.10 Å². The summed E-state index contributed by atoms with van der Waals surface area (Å²) in [5.74, 6) is 0.507. The van der Waals surface area contributed by atoms with E-state index in [0.717, 1.165) is 0 Å². The number of H-pyrrole nitrogens is 2. The van der Waals surface area contributed by atoms with Crippen LogP contribution in [0.15, 0.2) is 4.79 Å². The van der Waals surface area contributed by atoms with Gasteiger partial charge in [0.2, 0.25) is 0 Å². The number of hydrogen-bond donors (Lipinski definition) is 3. The monoisotopic (exact) mass is 170 g/mol.